The molecule has 0 fully saturated rings. The van der Waals surface area contributed by atoms with E-state index in [4.69, 9.17) is 10.3 Å². The zero-order valence-electron chi connectivity index (χ0n) is 11.9. The van der Waals surface area contributed by atoms with Crippen molar-refractivity contribution in [3.05, 3.63) is 47.5 Å². The minimum atomic E-state index is -0.377. The third kappa shape index (κ3) is 2.82. The van der Waals surface area contributed by atoms with Gasteiger partial charge in [-0.05, 0) is 25.0 Å². The third-order valence-corrected chi connectivity index (χ3v) is 3.18. The van der Waals surface area contributed by atoms with Crippen molar-refractivity contribution in [3.63, 3.8) is 0 Å². The highest BCUT2D eigenvalue weighted by Crippen LogP contribution is 2.21. The van der Waals surface area contributed by atoms with Crippen LogP contribution in [0.25, 0.3) is 11.5 Å². The molecule has 0 aliphatic heterocycles. The van der Waals surface area contributed by atoms with Crippen molar-refractivity contribution in [2.24, 2.45) is 5.73 Å². The Morgan fingerprint density at radius 1 is 1.33 bits per heavy atom. The molecule has 108 valence electrons. The fraction of sp³-hybridized carbons (Fsp3) is 0.286. The number of nitrogens with two attached hydrogens (primary N) is 1. The Kier molecular flexibility index (Phi) is 3.49. The molecule has 7 heteroatoms. The molecule has 0 spiro atoms. The molecular formula is C14H16N6O. The van der Waals surface area contributed by atoms with E-state index in [-0.39, 0.29) is 6.04 Å². The summed E-state index contributed by atoms with van der Waals surface area (Å²) in [5.74, 6) is 0.851. The summed E-state index contributed by atoms with van der Waals surface area (Å²) in [7, 11) is 0. The molecule has 0 bridgehead atoms. The second-order valence-electron chi connectivity index (χ2n) is 5.02. The summed E-state index contributed by atoms with van der Waals surface area (Å²) in [6, 6.07) is 1.65. The first kappa shape index (κ1) is 13.4. The molecular weight excluding hydrogens is 268 g/mol. The van der Waals surface area contributed by atoms with Gasteiger partial charge in [-0.25, -0.2) is 4.98 Å². The van der Waals surface area contributed by atoms with Crippen LogP contribution in [0.2, 0.25) is 0 Å². The minimum absolute atomic E-state index is 0.377. The maximum Gasteiger partial charge on any atom is 0.244 e. The van der Waals surface area contributed by atoms with E-state index < -0.39 is 0 Å². The molecule has 0 aliphatic rings. The van der Waals surface area contributed by atoms with Crippen LogP contribution in [0, 0.1) is 13.8 Å². The van der Waals surface area contributed by atoms with Gasteiger partial charge in [0.1, 0.15) is 5.69 Å². The lowest BCUT2D eigenvalue weighted by Gasteiger charge is -2.03. The molecule has 7 nitrogen and oxygen atoms in total. The van der Waals surface area contributed by atoms with Crippen LogP contribution in [-0.2, 0) is 6.42 Å². The first-order chi connectivity index (χ1) is 10.1. The van der Waals surface area contributed by atoms with Crippen LogP contribution in [0.1, 0.15) is 28.8 Å². The van der Waals surface area contributed by atoms with Gasteiger partial charge in [0, 0.05) is 24.5 Å². The molecule has 0 radical (unpaired) electrons. The van der Waals surface area contributed by atoms with E-state index in [1.807, 2.05) is 19.9 Å². The first-order valence-corrected chi connectivity index (χ1v) is 6.63. The molecule has 0 amide bonds. The van der Waals surface area contributed by atoms with Crippen LogP contribution in [-0.4, -0.2) is 25.1 Å². The van der Waals surface area contributed by atoms with Crippen LogP contribution >= 0.6 is 0 Å². The Bertz CT molecular complexity index is 734. The van der Waals surface area contributed by atoms with Crippen molar-refractivity contribution in [2.75, 3.05) is 0 Å². The van der Waals surface area contributed by atoms with Gasteiger partial charge in [-0.3, -0.25) is 4.98 Å². The number of rotatable bonds is 4. The number of hydrogen-bond acceptors (Lipinski definition) is 6. The molecule has 0 aliphatic carbocycles. The fourth-order valence-electron chi connectivity index (χ4n) is 2.15. The second-order valence-corrected chi connectivity index (χ2v) is 5.02. The Morgan fingerprint density at radius 3 is 2.90 bits per heavy atom. The average Bonchev–Trinajstić information content (AvgIpc) is 3.09. The van der Waals surface area contributed by atoms with Gasteiger partial charge in [0.25, 0.3) is 0 Å². The summed E-state index contributed by atoms with van der Waals surface area (Å²) in [5, 5.41) is 3.97. The number of H-pyrrole nitrogens is 1. The van der Waals surface area contributed by atoms with E-state index in [2.05, 4.69) is 25.1 Å². The summed E-state index contributed by atoms with van der Waals surface area (Å²) in [5.41, 5.74) is 9.81. The Labute approximate surface area is 121 Å². The van der Waals surface area contributed by atoms with E-state index >= 15 is 0 Å². The summed E-state index contributed by atoms with van der Waals surface area (Å²) in [4.78, 5) is 15.7. The van der Waals surface area contributed by atoms with Crippen LogP contribution in [0.5, 0.6) is 0 Å². The van der Waals surface area contributed by atoms with Crippen molar-refractivity contribution in [3.8, 4) is 11.5 Å². The highest BCUT2D eigenvalue weighted by atomic mass is 16.5. The van der Waals surface area contributed by atoms with E-state index in [9.17, 15) is 0 Å². The van der Waals surface area contributed by atoms with Crippen LogP contribution in [0.15, 0.2) is 29.3 Å². The van der Waals surface area contributed by atoms with Crippen molar-refractivity contribution >= 4 is 0 Å². The van der Waals surface area contributed by atoms with Crippen molar-refractivity contribution in [1.29, 1.82) is 0 Å². The molecule has 0 aromatic carbocycles. The largest absolute Gasteiger partial charge is 0.348 e. The van der Waals surface area contributed by atoms with Crippen molar-refractivity contribution in [1.82, 2.24) is 25.1 Å². The summed E-state index contributed by atoms with van der Waals surface area (Å²) in [6.45, 7) is 3.96. The zero-order valence-corrected chi connectivity index (χ0v) is 11.9. The van der Waals surface area contributed by atoms with Gasteiger partial charge in [0.05, 0.1) is 12.4 Å². The Morgan fingerprint density at radius 2 is 2.19 bits per heavy atom. The molecule has 3 N–H and O–H groups in total. The normalized spacial score (nSPS) is 12.5. The van der Waals surface area contributed by atoms with E-state index in [0.29, 0.717) is 23.8 Å². The van der Waals surface area contributed by atoms with E-state index in [0.717, 1.165) is 16.8 Å². The summed E-state index contributed by atoms with van der Waals surface area (Å²) < 4.78 is 5.25. The molecule has 0 saturated carbocycles. The number of pyridine rings is 1. The van der Waals surface area contributed by atoms with Gasteiger partial charge in [0.15, 0.2) is 0 Å². The summed E-state index contributed by atoms with van der Waals surface area (Å²) in [6.07, 6.45) is 5.68. The predicted octanol–water partition coefficient (Wildman–Crippen LogP) is 1.71. The van der Waals surface area contributed by atoms with Crippen molar-refractivity contribution < 1.29 is 4.52 Å². The Hall–Kier alpha value is -2.54. The monoisotopic (exact) mass is 284 g/mol. The topological polar surface area (TPSA) is 107 Å². The van der Waals surface area contributed by atoms with Gasteiger partial charge >= 0.3 is 0 Å². The lowest BCUT2D eigenvalue weighted by atomic mass is 10.1. The molecule has 0 unspecified atom stereocenters. The van der Waals surface area contributed by atoms with Gasteiger partial charge in [0.2, 0.25) is 11.7 Å². The van der Waals surface area contributed by atoms with Crippen LogP contribution in [0.4, 0.5) is 0 Å². The standard InChI is InChI=1S/C14H16N6O/c1-8-3-9(2)12(17-5-8)13-19-14(21-20-13)11(15)4-10-6-16-7-18-10/h3,5-7,11H,4,15H2,1-2H3,(H,16,18)/t11-/m0/s1. The van der Waals surface area contributed by atoms with Crippen LogP contribution in [0.3, 0.4) is 0 Å². The highest BCUT2D eigenvalue weighted by Gasteiger charge is 2.18. The molecule has 3 heterocycles. The average molecular weight is 284 g/mol. The van der Waals surface area contributed by atoms with Gasteiger partial charge in [-0.2, -0.15) is 4.98 Å². The molecule has 3 aromatic heterocycles. The van der Waals surface area contributed by atoms with Crippen molar-refractivity contribution in [2.45, 2.75) is 26.3 Å². The first-order valence-electron chi connectivity index (χ1n) is 6.63. The lowest BCUT2D eigenvalue weighted by Crippen LogP contribution is -2.14. The highest BCUT2D eigenvalue weighted by molar-refractivity contribution is 5.54. The number of aromatic amines is 1. The van der Waals surface area contributed by atoms with E-state index in [1.54, 1.807) is 18.7 Å². The van der Waals surface area contributed by atoms with Crippen LogP contribution < -0.4 is 5.73 Å². The lowest BCUT2D eigenvalue weighted by molar-refractivity contribution is 0.353. The third-order valence-electron chi connectivity index (χ3n) is 3.18. The number of nitrogens with zero attached hydrogens (tertiary/aromatic N) is 4. The number of aryl methyl sites for hydroxylation is 2. The SMILES string of the molecule is Cc1cnc(-c2noc([C@@H](N)Cc3cnc[nH]3)n2)c(C)c1. The zero-order chi connectivity index (χ0) is 14.8. The maximum absolute atomic E-state index is 6.08. The van der Waals surface area contributed by atoms with Gasteiger partial charge in [-0.1, -0.05) is 11.2 Å². The molecule has 0 saturated heterocycles. The molecule has 1 atom stereocenters. The van der Waals surface area contributed by atoms with E-state index in [1.165, 1.54) is 0 Å². The molecule has 3 rings (SSSR count). The second kappa shape index (κ2) is 5.45. The Balaban J connectivity index is 1.82. The fourth-order valence-corrected chi connectivity index (χ4v) is 2.15. The number of hydrogen-bond donors (Lipinski definition) is 2. The number of aromatic nitrogens is 5. The number of nitrogens with one attached hydrogen (secondary N) is 1. The predicted molar refractivity (Wildman–Crippen MR) is 76.2 cm³/mol. The maximum atomic E-state index is 6.08. The molecule has 21 heavy (non-hydrogen) atoms. The van der Waals surface area contributed by atoms with Gasteiger partial charge in [-0.15, -0.1) is 0 Å². The smallest absolute Gasteiger partial charge is 0.244 e. The summed E-state index contributed by atoms with van der Waals surface area (Å²) >= 11 is 0. The van der Waals surface area contributed by atoms with Gasteiger partial charge < -0.3 is 15.2 Å². The molecule has 3 aromatic rings. The minimum Gasteiger partial charge on any atom is -0.348 e. The quantitative estimate of drug-likeness (QED) is 0.755. The number of imidazole rings is 1.